The third-order valence-electron chi connectivity index (χ3n) is 5.41. The van der Waals surface area contributed by atoms with Crippen LogP contribution < -0.4 is 14.8 Å². The van der Waals surface area contributed by atoms with Crippen molar-refractivity contribution < 1.29 is 26.4 Å². The summed E-state index contributed by atoms with van der Waals surface area (Å²) in [6, 6.07) is 5.74. The minimum absolute atomic E-state index is 0.0821. The number of amides is 1. The molecule has 160 valence electrons. The van der Waals surface area contributed by atoms with Gasteiger partial charge in [0.25, 0.3) is 0 Å². The molecule has 0 saturated heterocycles. The fourth-order valence-electron chi connectivity index (χ4n) is 3.66. The topological polar surface area (TPSA) is 119 Å². The summed E-state index contributed by atoms with van der Waals surface area (Å²) in [4.78, 5) is 12.6. The molecule has 1 heterocycles. The summed E-state index contributed by atoms with van der Waals surface area (Å²) in [7, 11) is -5.27. The Labute approximate surface area is 171 Å². The number of hydrogen-bond donors (Lipinski definition) is 2. The first-order chi connectivity index (χ1) is 13.7. The van der Waals surface area contributed by atoms with E-state index in [1.807, 2.05) is 0 Å². The summed E-state index contributed by atoms with van der Waals surface area (Å²) < 4.78 is 55.4. The first kappa shape index (κ1) is 21.8. The van der Waals surface area contributed by atoms with Gasteiger partial charge in [-0.3, -0.25) is 4.79 Å². The highest BCUT2D eigenvalue weighted by molar-refractivity contribution is 7.94. The predicted molar refractivity (Wildman–Crippen MR) is 108 cm³/mol. The van der Waals surface area contributed by atoms with Crippen molar-refractivity contribution in [3.8, 4) is 5.75 Å². The van der Waals surface area contributed by atoms with Crippen LogP contribution in [0.25, 0.3) is 0 Å². The van der Waals surface area contributed by atoms with Gasteiger partial charge in [0, 0.05) is 17.9 Å². The normalized spacial score (nSPS) is 26.2. The fraction of sp³-hybridized carbons (Fsp3) is 0.526. The van der Waals surface area contributed by atoms with Gasteiger partial charge in [0.15, 0.2) is 9.84 Å². The molecule has 2 aliphatic rings. The van der Waals surface area contributed by atoms with E-state index in [0.29, 0.717) is 25.1 Å². The van der Waals surface area contributed by atoms with Crippen molar-refractivity contribution in [2.24, 2.45) is 11.8 Å². The summed E-state index contributed by atoms with van der Waals surface area (Å²) in [5.41, 5.74) is 0. The number of sulfonamides is 1. The van der Waals surface area contributed by atoms with E-state index in [-0.39, 0.29) is 28.4 Å². The van der Waals surface area contributed by atoms with E-state index >= 15 is 0 Å². The molecule has 1 aliphatic heterocycles. The molecule has 0 bridgehead atoms. The van der Waals surface area contributed by atoms with Crippen molar-refractivity contribution in [3.63, 3.8) is 0 Å². The summed E-state index contributed by atoms with van der Waals surface area (Å²) >= 11 is 0. The standard InChI is InChI=1S/C19H26N2O6S2/c1-27-17-6-8-18(9-7-17)29(25,26)20-12-14-2-4-15(5-3-14)19(22)21-16-10-11-28(23,24)13-16/h6-11,14-16,20H,2-5,12-13H2,1H3,(H,21,22). The lowest BCUT2D eigenvalue weighted by atomic mass is 9.81. The summed E-state index contributed by atoms with van der Waals surface area (Å²) in [5, 5.41) is 3.92. The van der Waals surface area contributed by atoms with Crippen LogP contribution in [0.5, 0.6) is 5.75 Å². The number of carbonyl (C=O) groups excluding carboxylic acids is 1. The van der Waals surface area contributed by atoms with Crippen molar-refractivity contribution in [1.29, 1.82) is 0 Å². The molecule has 0 spiro atoms. The highest BCUT2D eigenvalue weighted by Gasteiger charge is 2.30. The Morgan fingerprint density at radius 2 is 1.79 bits per heavy atom. The van der Waals surface area contributed by atoms with Crippen LogP contribution in [0.15, 0.2) is 40.6 Å². The second kappa shape index (κ2) is 8.85. The van der Waals surface area contributed by atoms with Crippen molar-refractivity contribution in [2.45, 2.75) is 36.6 Å². The monoisotopic (exact) mass is 442 g/mol. The first-order valence-corrected chi connectivity index (χ1v) is 12.7. The zero-order chi connectivity index (χ0) is 21.1. The molecule has 1 fully saturated rings. The van der Waals surface area contributed by atoms with Crippen molar-refractivity contribution in [2.75, 3.05) is 19.4 Å². The summed E-state index contributed by atoms with van der Waals surface area (Å²) in [5.74, 6) is 0.376. The molecule has 0 radical (unpaired) electrons. The van der Waals surface area contributed by atoms with Gasteiger partial charge < -0.3 is 10.1 Å². The van der Waals surface area contributed by atoms with Gasteiger partial charge in [0.1, 0.15) is 5.75 Å². The van der Waals surface area contributed by atoms with Crippen molar-refractivity contribution >= 4 is 25.8 Å². The van der Waals surface area contributed by atoms with Gasteiger partial charge in [-0.25, -0.2) is 21.6 Å². The lowest BCUT2D eigenvalue weighted by molar-refractivity contribution is -0.126. The van der Waals surface area contributed by atoms with Crippen LogP contribution in [0.2, 0.25) is 0 Å². The number of methoxy groups -OCH3 is 1. The lowest BCUT2D eigenvalue weighted by Gasteiger charge is -2.28. The highest BCUT2D eigenvalue weighted by atomic mass is 32.2. The quantitative estimate of drug-likeness (QED) is 0.655. The van der Waals surface area contributed by atoms with E-state index < -0.39 is 25.9 Å². The molecule has 3 rings (SSSR count). The molecule has 1 aromatic carbocycles. The molecule has 1 unspecified atom stereocenters. The zero-order valence-electron chi connectivity index (χ0n) is 16.2. The average Bonchev–Trinajstić information content (AvgIpc) is 3.05. The first-order valence-electron chi connectivity index (χ1n) is 9.53. The maximum atomic E-state index is 12.4. The molecule has 1 amide bonds. The van der Waals surface area contributed by atoms with Gasteiger partial charge >= 0.3 is 0 Å². The van der Waals surface area contributed by atoms with Crippen LogP contribution in [0, 0.1) is 11.8 Å². The van der Waals surface area contributed by atoms with E-state index in [2.05, 4.69) is 10.0 Å². The summed E-state index contributed by atoms with van der Waals surface area (Å²) in [6.07, 6.45) is 4.30. The molecule has 0 aromatic heterocycles. The Bertz CT molecular complexity index is 962. The van der Waals surface area contributed by atoms with Crippen LogP contribution in [0.1, 0.15) is 25.7 Å². The Balaban J connectivity index is 1.44. The molecule has 2 N–H and O–H groups in total. The molecular formula is C19H26N2O6S2. The lowest BCUT2D eigenvalue weighted by Crippen LogP contribution is -2.41. The Kier molecular flexibility index (Phi) is 6.65. The maximum absolute atomic E-state index is 12.4. The van der Waals surface area contributed by atoms with E-state index in [4.69, 9.17) is 4.74 Å². The molecule has 8 nitrogen and oxygen atoms in total. The SMILES string of the molecule is COc1ccc(S(=O)(=O)NCC2CCC(C(=O)NC3C=CS(=O)(=O)C3)CC2)cc1. The zero-order valence-corrected chi connectivity index (χ0v) is 17.8. The largest absolute Gasteiger partial charge is 0.497 e. The van der Waals surface area contributed by atoms with Crippen LogP contribution in [0.4, 0.5) is 0 Å². The Morgan fingerprint density at radius 3 is 2.34 bits per heavy atom. The van der Waals surface area contributed by atoms with Crippen LogP contribution in [-0.4, -0.2) is 48.2 Å². The smallest absolute Gasteiger partial charge is 0.240 e. The van der Waals surface area contributed by atoms with Gasteiger partial charge in [-0.2, -0.15) is 0 Å². The van der Waals surface area contributed by atoms with Gasteiger partial charge in [0.05, 0.1) is 23.8 Å². The summed E-state index contributed by atoms with van der Waals surface area (Å²) in [6.45, 7) is 0.326. The second-order valence-corrected chi connectivity index (χ2v) is 11.2. The molecule has 29 heavy (non-hydrogen) atoms. The maximum Gasteiger partial charge on any atom is 0.240 e. The molecule has 10 heteroatoms. The molecular weight excluding hydrogens is 416 g/mol. The van der Waals surface area contributed by atoms with E-state index in [1.54, 1.807) is 12.1 Å². The average molecular weight is 443 g/mol. The van der Waals surface area contributed by atoms with E-state index in [9.17, 15) is 21.6 Å². The van der Waals surface area contributed by atoms with Gasteiger partial charge in [-0.1, -0.05) is 0 Å². The number of ether oxygens (including phenoxy) is 1. The van der Waals surface area contributed by atoms with Crippen LogP contribution >= 0.6 is 0 Å². The number of sulfone groups is 1. The molecule has 1 aliphatic carbocycles. The van der Waals surface area contributed by atoms with E-state index in [1.165, 1.54) is 25.3 Å². The van der Waals surface area contributed by atoms with Gasteiger partial charge in [0.2, 0.25) is 15.9 Å². The van der Waals surface area contributed by atoms with Crippen LogP contribution in [0.3, 0.4) is 0 Å². The third kappa shape index (κ3) is 5.80. The number of hydrogen-bond acceptors (Lipinski definition) is 6. The molecule has 1 atom stereocenters. The number of nitrogens with one attached hydrogen (secondary N) is 2. The Hall–Kier alpha value is -1.91. The molecule has 1 saturated carbocycles. The minimum Gasteiger partial charge on any atom is -0.497 e. The van der Waals surface area contributed by atoms with Gasteiger partial charge in [-0.05, 0) is 61.9 Å². The van der Waals surface area contributed by atoms with Crippen LogP contribution in [-0.2, 0) is 24.7 Å². The third-order valence-corrected chi connectivity index (χ3v) is 8.24. The van der Waals surface area contributed by atoms with Crippen molar-refractivity contribution in [3.05, 3.63) is 35.7 Å². The van der Waals surface area contributed by atoms with Crippen molar-refractivity contribution in [1.82, 2.24) is 10.0 Å². The van der Waals surface area contributed by atoms with Gasteiger partial charge in [-0.15, -0.1) is 0 Å². The predicted octanol–water partition coefficient (Wildman–Crippen LogP) is 1.21. The highest BCUT2D eigenvalue weighted by Crippen LogP contribution is 2.29. The molecule has 1 aromatic rings. The number of benzene rings is 1. The Morgan fingerprint density at radius 1 is 1.14 bits per heavy atom. The minimum atomic E-state index is -3.59. The van der Waals surface area contributed by atoms with E-state index in [0.717, 1.165) is 18.2 Å². The second-order valence-electron chi connectivity index (χ2n) is 7.52. The number of rotatable bonds is 7. The fourth-order valence-corrected chi connectivity index (χ4v) is 6.01. The number of carbonyl (C=O) groups is 1.